The van der Waals surface area contributed by atoms with Gasteiger partial charge in [0.2, 0.25) is 0 Å². The van der Waals surface area contributed by atoms with Crippen LogP contribution in [0.15, 0.2) is 0 Å². The molecule has 1 N–H and O–H groups in total. The second-order valence-electron chi connectivity index (χ2n) is 3.28. The molecule has 0 spiro atoms. The quantitative estimate of drug-likeness (QED) is 0.738. The molecule has 0 saturated heterocycles. The number of rotatable bonds is 2. The van der Waals surface area contributed by atoms with E-state index >= 15 is 0 Å². The summed E-state index contributed by atoms with van der Waals surface area (Å²) in [5.41, 5.74) is -2.66. The van der Waals surface area contributed by atoms with Gasteiger partial charge in [0.25, 0.3) is 0 Å². The molecule has 0 amide bonds. The van der Waals surface area contributed by atoms with Gasteiger partial charge in [-0.1, -0.05) is 0 Å². The zero-order valence-corrected chi connectivity index (χ0v) is 8.91. The fourth-order valence-electron chi connectivity index (χ4n) is 0.740. The first kappa shape index (κ1) is 15.7. The van der Waals surface area contributed by atoms with E-state index in [1.165, 1.54) is 25.9 Å². The molecule has 0 saturated carbocycles. The molecule has 2 nitrogen and oxygen atoms in total. The average molecular weight is 244 g/mol. The van der Waals surface area contributed by atoms with Gasteiger partial charge in [0.1, 0.15) is 0 Å². The molecule has 0 heterocycles. The Morgan fingerprint density at radius 3 is 1.62 bits per heavy atom. The van der Waals surface area contributed by atoms with Crippen molar-refractivity contribution in [1.29, 1.82) is 0 Å². The first-order chi connectivity index (χ1) is 5.10. The van der Waals surface area contributed by atoms with Gasteiger partial charge in [-0.25, -0.2) is 0 Å². The molecule has 0 aromatic rings. The van der Waals surface area contributed by atoms with Gasteiger partial charge in [0.15, 0.2) is 5.60 Å². The van der Waals surface area contributed by atoms with Crippen molar-refractivity contribution >= 4 is 0 Å². The minimum Gasteiger partial charge on any atom is -0.379 e. The van der Waals surface area contributed by atoms with Gasteiger partial charge in [-0.2, -0.15) is 13.2 Å². The summed E-state index contributed by atoms with van der Waals surface area (Å²) in [4.78, 5) is 1.33. The topological polar surface area (TPSA) is 23.5 Å². The Labute approximate surface area is 86.0 Å². The average Bonchev–Trinajstić information content (AvgIpc) is 1.83. The smallest absolute Gasteiger partial charge is 0.379 e. The van der Waals surface area contributed by atoms with Crippen molar-refractivity contribution in [2.24, 2.45) is 0 Å². The zero-order valence-electron chi connectivity index (χ0n) is 7.92. The number of hydrogen-bond donors (Lipinski definition) is 1. The first-order valence-corrected chi connectivity index (χ1v) is 3.56. The van der Waals surface area contributed by atoms with Gasteiger partial charge < -0.3 is 10.0 Å². The minimum absolute atomic E-state index is 0. The SMILES string of the molecule is CC(N(C)C)C(C)(O)C(F)(F)F.[Ni]. The molecule has 0 aliphatic carbocycles. The van der Waals surface area contributed by atoms with Crippen LogP contribution < -0.4 is 0 Å². The van der Waals surface area contributed by atoms with Crippen LogP contribution in [0.2, 0.25) is 0 Å². The number of aliphatic hydroxyl groups is 1. The normalized spacial score (nSPS) is 19.2. The summed E-state index contributed by atoms with van der Waals surface area (Å²) in [7, 11) is 2.98. The van der Waals surface area contributed by atoms with Crippen LogP contribution in [0.25, 0.3) is 0 Å². The van der Waals surface area contributed by atoms with Gasteiger partial charge >= 0.3 is 6.18 Å². The second kappa shape index (κ2) is 4.62. The van der Waals surface area contributed by atoms with E-state index < -0.39 is 17.8 Å². The fourth-order valence-corrected chi connectivity index (χ4v) is 0.740. The van der Waals surface area contributed by atoms with Crippen molar-refractivity contribution in [2.75, 3.05) is 14.1 Å². The maximum atomic E-state index is 12.2. The molecule has 0 aromatic heterocycles. The molecule has 0 bridgehead atoms. The molecule has 0 aliphatic heterocycles. The molecule has 0 fully saturated rings. The molecule has 2 atom stereocenters. The predicted molar refractivity (Wildman–Crippen MR) is 39.8 cm³/mol. The molecular weight excluding hydrogens is 230 g/mol. The number of halogens is 3. The largest absolute Gasteiger partial charge is 0.418 e. The summed E-state index contributed by atoms with van der Waals surface area (Å²) < 4.78 is 36.5. The Kier molecular flexibility index (Phi) is 5.57. The van der Waals surface area contributed by atoms with Gasteiger partial charge in [0.05, 0.1) is 0 Å². The summed E-state index contributed by atoms with van der Waals surface area (Å²) in [5.74, 6) is 0. The molecule has 84 valence electrons. The van der Waals surface area contributed by atoms with Crippen molar-refractivity contribution in [3.05, 3.63) is 0 Å². The third-order valence-electron chi connectivity index (χ3n) is 2.16. The van der Waals surface area contributed by atoms with E-state index in [4.69, 9.17) is 5.11 Å². The molecule has 0 rings (SSSR count). The number of alkyl halides is 3. The van der Waals surface area contributed by atoms with Gasteiger partial charge in [-0.05, 0) is 27.9 Å². The van der Waals surface area contributed by atoms with Gasteiger partial charge in [0, 0.05) is 22.5 Å². The van der Waals surface area contributed by atoms with E-state index in [2.05, 4.69) is 0 Å². The molecule has 0 aliphatic rings. The van der Waals surface area contributed by atoms with Crippen LogP contribution in [0, 0.1) is 0 Å². The summed E-state index contributed by atoms with van der Waals surface area (Å²) in [5, 5.41) is 9.12. The van der Waals surface area contributed by atoms with Crippen LogP contribution in [-0.2, 0) is 16.5 Å². The summed E-state index contributed by atoms with van der Waals surface area (Å²) in [6, 6.07) is -0.961. The Bertz CT molecular complexity index is 158. The maximum absolute atomic E-state index is 12.2. The Morgan fingerprint density at radius 1 is 1.23 bits per heavy atom. The Morgan fingerprint density at radius 2 is 1.54 bits per heavy atom. The van der Waals surface area contributed by atoms with Crippen molar-refractivity contribution in [3.8, 4) is 0 Å². The number of nitrogens with zero attached hydrogens (tertiary/aromatic N) is 1. The fraction of sp³-hybridized carbons (Fsp3) is 1.00. The molecule has 0 aromatic carbocycles. The van der Waals surface area contributed by atoms with E-state index in [1.54, 1.807) is 0 Å². The van der Waals surface area contributed by atoms with E-state index in [-0.39, 0.29) is 16.5 Å². The first-order valence-electron chi connectivity index (χ1n) is 3.56. The summed E-state index contributed by atoms with van der Waals surface area (Å²) in [6.07, 6.45) is -4.59. The van der Waals surface area contributed by atoms with Crippen molar-refractivity contribution in [1.82, 2.24) is 4.90 Å². The third kappa shape index (κ3) is 3.45. The van der Waals surface area contributed by atoms with E-state index in [1.807, 2.05) is 0 Å². The minimum atomic E-state index is -4.59. The zero-order chi connectivity index (χ0) is 10.2. The molecule has 6 heteroatoms. The second-order valence-corrected chi connectivity index (χ2v) is 3.28. The molecule has 0 radical (unpaired) electrons. The van der Waals surface area contributed by atoms with Gasteiger partial charge in [-0.3, -0.25) is 0 Å². The van der Waals surface area contributed by atoms with Crippen LogP contribution in [0.1, 0.15) is 13.8 Å². The van der Waals surface area contributed by atoms with Crippen LogP contribution in [0.5, 0.6) is 0 Å². The maximum Gasteiger partial charge on any atom is 0.418 e. The molecular formula is C7H14F3NNiO. The summed E-state index contributed by atoms with van der Waals surface area (Å²) >= 11 is 0. The van der Waals surface area contributed by atoms with E-state index in [9.17, 15) is 13.2 Å². The summed E-state index contributed by atoms with van der Waals surface area (Å²) in [6.45, 7) is 2.10. The number of likely N-dealkylation sites (N-methyl/N-ethyl adjacent to an activating group) is 1. The van der Waals surface area contributed by atoms with E-state index in [0.717, 1.165) is 6.92 Å². The Balaban J connectivity index is 0. The monoisotopic (exact) mass is 243 g/mol. The standard InChI is InChI=1S/C7H14F3NO.Ni/c1-5(11(3)4)6(2,12)7(8,9)10;/h5,12H,1-4H3;. The van der Waals surface area contributed by atoms with Crippen LogP contribution in [-0.4, -0.2) is 41.9 Å². The Hall–Kier alpha value is 0.204. The molecule has 2 unspecified atom stereocenters. The van der Waals surface area contributed by atoms with Crippen molar-refractivity contribution in [3.63, 3.8) is 0 Å². The third-order valence-corrected chi connectivity index (χ3v) is 2.16. The van der Waals surface area contributed by atoms with Crippen LogP contribution >= 0.6 is 0 Å². The predicted octanol–water partition coefficient (Wildman–Crippen LogP) is 1.25. The molecule has 13 heavy (non-hydrogen) atoms. The van der Waals surface area contributed by atoms with Gasteiger partial charge in [-0.15, -0.1) is 0 Å². The van der Waals surface area contributed by atoms with Crippen LogP contribution in [0.3, 0.4) is 0 Å². The van der Waals surface area contributed by atoms with Crippen molar-refractivity contribution < 1.29 is 34.8 Å². The van der Waals surface area contributed by atoms with E-state index in [0.29, 0.717) is 0 Å². The van der Waals surface area contributed by atoms with Crippen molar-refractivity contribution in [2.45, 2.75) is 31.7 Å². The van der Waals surface area contributed by atoms with Crippen LogP contribution in [0.4, 0.5) is 13.2 Å². The number of hydrogen-bond acceptors (Lipinski definition) is 2.